The van der Waals surface area contributed by atoms with Gasteiger partial charge in [0.15, 0.2) is 0 Å². The van der Waals surface area contributed by atoms with Crippen LogP contribution in [0.15, 0.2) is 12.1 Å². The van der Waals surface area contributed by atoms with Crippen LogP contribution in [-0.4, -0.2) is 49.1 Å². The van der Waals surface area contributed by atoms with Crippen LogP contribution in [0.1, 0.15) is 29.6 Å². The number of nitrogens with zero attached hydrogens (tertiary/aromatic N) is 2. The maximum Gasteiger partial charge on any atom is 0.0567 e. The Labute approximate surface area is 115 Å². The fourth-order valence-electron chi connectivity index (χ4n) is 2.80. The smallest absolute Gasteiger partial charge is 0.0567 e. The van der Waals surface area contributed by atoms with E-state index in [2.05, 4.69) is 42.8 Å². The molecule has 1 fully saturated rings. The zero-order chi connectivity index (χ0) is 13.1. The molecule has 0 amide bonds. The molecule has 0 radical (unpaired) electrons. The zero-order valence-corrected chi connectivity index (χ0v) is 12.5. The first-order valence-electron chi connectivity index (χ1n) is 6.88. The summed E-state index contributed by atoms with van der Waals surface area (Å²) in [5.74, 6) is 0. The summed E-state index contributed by atoms with van der Waals surface area (Å²) in [5, 5.41) is 0. The van der Waals surface area contributed by atoms with Crippen molar-refractivity contribution in [2.75, 3.05) is 33.2 Å². The molecule has 2 N–H and O–H groups in total. The van der Waals surface area contributed by atoms with Gasteiger partial charge in [0.2, 0.25) is 0 Å². The van der Waals surface area contributed by atoms with E-state index in [1.54, 1.807) is 0 Å². The fraction of sp³-hybridized carbons (Fsp3) is 0.714. The molecule has 1 aromatic rings. The van der Waals surface area contributed by atoms with Crippen LogP contribution in [0.5, 0.6) is 0 Å². The van der Waals surface area contributed by atoms with E-state index in [0.717, 1.165) is 32.6 Å². The van der Waals surface area contributed by atoms with E-state index in [1.807, 2.05) is 11.3 Å². The number of aryl methyl sites for hydroxylation is 1. The van der Waals surface area contributed by atoms with Crippen LogP contribution >= 0.6 is 11.3 Å². The van der Waals surface area contributed by atoms with Gasteiger partial charge in [-0.2, -0.15) is 0 Å². The number of likely N-dealkylation sites (N-methyl/N-ethyl adjacent to an activating group) is 1. The van der Waals surface area contributed by atoms with Gasteiger partial charge < -0.3 is 10.6 Å². The Kier molecular flexibility index (Phi) is 4.78. The molecule has 0 aliphatic carbocycles. The Bertz CT molecular complexity index is 377. The van der Waals surface area contributed by atoms with E-state index in [9.17, 15) is 0 Å². The van der Waals surface area contributed by atoms with Crippen LogP contribution in [0.3, 0.4) is 0 Å². The average Bonchev–Trinajstić information content (AvgIpc) is 2.81. The van der Waals surface area contributed by atoms with Gasteiger partial charge in [0.05, 0.1) is 6.04 Å². The van der Waals surface area contributed by atoms with Crippen molar-refractivity contribution in [2.24, 2.45) is 5.73 Å². The lowest BCUT2D eigenvalue weighted by Gasteiger charge is -2.42. The molecule has 1 aliphatic heterocycles. The number of nitrogens with two attached hydrogens (primary N) is 1. The first-order valence-corrected chi connectivity index (χ1v) is 7.70. The van der Waals surface area contributed by atoms with Gasteiger partial charge in [0.1, 0.15) is 0 Å². The highest BCUT2D eigenvalue weighted by Gasteiger charge is 2.28. The van der Waals surface area contributed by atoms with Crippen molar-refractivity contribution < 1.29 is 0 Å². The molecular weight excluding hydrogens is 242 g/mol. The fourth-order valence-corrected chi connectivity index (χ4v) is 3.88. The molecule has 2 unspecified atom stereocenters. The second-order valence-corrected chi connectivity index (χ2v) is 6.46. The summed E-state index contributed by atoms with van der Waals surface area (Å²) >= 11 is 1.93. The maximum atomic E-state index is 6.03. The van der Waals surface area contributed by atoms with Crippen LogP contribution in [0, 0.1) is 0 Å². The van der Waals surface area contributed by atoms with Crippen molar-refractivity contribution >= 4 is 11.3 Å². The Morgan fingerprint density at radius 2 is 2.22 bits per heavy atom. The first kappa shape index (κ1) is 14.0. The molecule has 0 aromatic carbocycles. The van der Waals surface area contributed by atoms with Crippen LogP contribution in [0.25, 0.3) is 0 Å². The topological polar surface area (TPSA) is 32.5 Å². The molecule has 1 saturated heterocycles. The molecule has 0 bridgehead atoms. The van der Waals surface area contributed by atoms with E-state index in [-0.39, 0.29) is 0 Å². The summed E-state index contributed by atoms with van der Waals surface area (Å²) in [5.41, 5.74) is 6.03. The summed E-state index contributed by atoms with van der Waals surface area (Å²) in [4.78, 5) is 7.88. The van der Waals surface area contributed by atoms with E-state index < -0.39 is 0 Å². The Hall–Kier alpha value is -0.420. The lowest BCUT2D eigenvalue weighted by atomic mass is 10.1. The van der Waals surface area contributed by atoms with Crippen molar-refractivity contribution in [3.05, 3.63) is 21.9 Å². The zero-order valence-electron chi connectivity index (χ0n) is 11.7. The lowest BCUT2D eigenvalue weighted by molar-refractivity contribution is 0.0648. The Balaban J connectivity index is 2.12. The van der Waals surface area contributed by atoms with Gasteiger partial charge in [-0.25, -0.2) is 0 Å². The predicted molar refractivity (Wildman–Crippen MR) is 79.2 cm³/mol. The van der Waals surface area contributed by atoms with Gasteiger partial charge in [-0.05, 0) is 32.5 Å². The highest BCUT2D eigenvalue weighted by atomic mass is 32.1. The number of rotatable bonds is 4. The molecule has 2 atom stereocenters. The highest BCUT2D eigenvalue weighted by Crippen LogP contribution is 2.30. The molecule has 1 aliphatic rings. The van der Waals surface area contributed by atoms with Gasteiger partial charge in [0, 0.05) is 42.0 Å². The molecule has 4 heteroatoms. The van der Waals surface area contributed by atoms with Gasteiger partial charge in [-0.1, -0.05) is 6.92 Å². The summed E-state index contributed by atoms with van der Waals surface area (Å²) in [7, 11) is 2.20. The molecular formula is C14H25N3S. The van der Waals surface area contributed by atoms with Crippen molar-refractivity contribution in [3.63, 3.8) is 0 Å². The van der Waals surface area contributed by atoms with Crippen LogP contribution in [-0.2, 0) is 6.42 Å². The van der Waals surface area contributed by atoms with Crippen LogP contribution in [0.2, 0.25) is 0 Å². The van der Waals surface area contributed by atoms with E-state index in [0.29, 0.717) is 12.1 Å². The summed E-state index contributed by atoms with van der Waals surface area (Å²) in [6.45, 7) is 8.66. The third-order valence-corrected chi connectivity index (χ3v) is 5.20. The molecule has 3 nitrogen and oxygen atoms in total. The summed E-state index contributed by atoms with van der Waals surface area (Å²) < 4.78 is 0. The monoisotopic (exact) mass is 267 g/mol. The molecule has 0 saturated carbocycles. The van der Waals surface area contributed by atoms with E-state index >= 15 is 0 Å². The van der Waals surface area contributed by atoms with Crippen LogP contribution in [0.4, 0.5) is 0 Å². The molecule has 0 spiro atoms. The quantitative estimate of drug-likeness (QED) is 0.905. The predicted octanol–water partition coefficient (Wildman–Crippen LogP) is 1.95. The first-order chi connectivity index (χ1) is 8.65. The summed E-state index contributed by atoms with van der Waals surface area (Å²) in [6, 6.07) is 5.51. The normalized spacial score (nSPS) is 24.3. The second kappa shape index (κ2) is 6.15. The van der Waals surface area contributed by atoms with E-state index in [1.165, 1.54) is 9.75 Å². The number of piperazine rings is 1. The molecule has 102 valence electrons. The SMILES string of the molecule is CCc1ccc(C(CN)N2CCN(C)CC2C)s1. The molecule has 18 heavy (non-hydrogen) atoms. The summed E-state index contributed by atoms with van der Waals surface area (Å²) in [6.07, 6.45) is 1.13. The van der Waals surface area contributed by atoms with Gasteiger partial charge >= 0.3 is 0 Å². The van der Waals surface area contributed by atoms with Crippen molar-refractivity contribution in [1.29, 1.82) is 0 Å². The second-order valence-electron chi connectivity index (χ2n) is 5.26. The highest BCUT2D eigenvalue weighted by molar-refractivity contribution is 7.12. The van der Waals surface area contributed by atoms with Crippen LogP contribution < -0.4 is 5.73 Å². The molecule has 2 rings (SSSR count). The number of thiophene rings is 1. The van der Waals surface area contributed by atoms with Gasteiger partial charge in [-0.3, -0.25) is 4.90 Å². The molecule has 2 heterocycles. The third-order valence-electron chi connectivity index (χ3n) is 3.86. The standard InChI is InChI=1S/C14H25N3S/c1-4-12-5-6-14(18-12)13(9-15)17-8-7-16(3)10-11(17)2/h5-6,11,13H,4,7-10,15H2,1-3H3. The van der Waals surface area contributed by atoms with Crippen molar-refractivity contribution in [2.45, 2.75) is 32.4 Å². The van der Waals surface area contributed by atoms with Gasteiger partial charge in [-0.15, -0.1) is 11.3 Å². The number of hydrogen-bond donors (Lipinski definition) is 1. The average molecular weight is 267 g/mol. The van der Waals surface area contributed by atoms with Crippen molar-refractivity contribution in [3.8, 4) is 0 Å². The minimum atomic E-state index is 0.402. The lowest BCUT2D eigenvalue weighted by Crippen LogP contribution is -2.52. The minimum absolute atomic E-state index is 0.402. The Morgan fingerprint density at radius 1 is 1.44 bits per heavy atom. The molecule has 1 aromatic heterocycles. The Morgan fingerprint density at radius 3 is 2.78 bits per heavy atom. The van der Waals surface area contributed by atoms with Gasteiger partial charge in [0.25, 0.3) is 0 Å². The largest absolute Gasteiger partial charge is 0.329 e. The minimum Gasteiger partial charge on any atom is -0.329 e. The van der Waals surface area contributed by atoms with Crippen molar-refractivity contribution in [1.82, 2.24) is 9.80 Å². The van der Waals surface area contributed by atoms with E-state index in [4.69, 9.17) is 5.73 Å². The number of hydrogen-bond acceptors (Lipinski definition) is 4. The maximum absolute atomic E-state index is 6.03. The third kappa shape index (κ3) is 2.94.